The lowest BCUT2D eigenvalue weighted by molar-refractivity contribution is 0.268. The highest BCUT2D eigenvalue weighted by atomic mass is 35.5. The third-order valence-corrected chi connectivity index (χ3v) is 3.94. The van der Waals surface area contributed by atoms with Crippen molar-refractivity contribution >= 4 is 29.3 Å². The summed E-state index contributed by atoms with van der Waals surface area (Å²) < 4.78 is 0. The highest BCUT2D eigenvalue weighted by molar-refractivity contribution is 7.98. The Hall–Kier alpha value is -0.560. The van der Waals surface area contributed by atoms with E-state index in [-0.39, 0.29) is 6.17 Å². The van der Waals surface area contributed by atoms with Crippen LogP contribution in [0.5, 0.6) is 0 Å². The van der Waals surface area contributed by atoms with E-state index in [1.54, 1.807) is 6.20 Å². The van der Waals surface area contributed by atoms with Crippen LogP contribution in [0, 0.1) is 0 Å². The SMILES string of the molecule is CSc1cnc(N2CCN(C)CC2N)nc1Cl. The second kappa shape index (κ2) is 5.39. The molecule has 1 aromatic rings. The zero-order valence-corrected chi connectivity index (χ0v) is 11.5. The topological polar surface area (TPSA) is 58.3 Å². The van der Waals surface area contributed by atoms with E-state index >= 15 is 0 Å². The van der Waals surface area contributed by atoms with Crippen LogP contribution in [0.4, 0.5) is 5.95 Å². The molecule has 17 heavy (non-hydrogen) atoms. The second-order valence-corrected chi connectivity index (χ2v) is 5.26. The number of nitrogens with two attached hydrogens (primary N) is 1. The number of likely N-dealkylation sites (N-methyl/N-ethyl adjacent to an activating group) is 1. The number of aromatic nitrogens is 2. The van der Waals surface area contributed by atoms with Gasteiger partial charge >= 0.3 is 0 Å². The Bertz CT molecular complexity index is 402. The van der Waals surface area contributed by atoms with Gasteiger partial charge in [0.2, 0.25) is 5.95 Å². The molecule has 2 N–H and O–H groups in total. The van der Waals surface area contributed by atoms with Crippen molar-refractivity contribution in [1.82, 2.24) is 14.9 Å². The van der Waals surface area contributed by atoms with Crippen molar-refractivity contribution < 1.29 is 0 Å². The zero-order chi connectivity index (χ0) is 12.4. The predicted octanol–water partition coefficient (Wildman–Crippen LogP) is 0.889. The van der Waals surface area contributed by atoms with Gasteiger partial charge < -0.3 is 15.5 Å². The van der Waals surface area contributed by atoms with Crippen LogP contribution in [0.15, 0.2) is 11.1 Å². The van der Waals surface area contributed by atoms with Crippen molar-refractivity contribution in [3.05, 3.63) is 11.3 Å². The molecule has 0 saturated carbocycles. The Morgan fingerprint density at radius 1 is 1.53 bits per heavy atom. The van der Waals surface area contributed by atoms with E-state index in [4.69, 9.17) is 17.3 Å². The maximum atomic E-state index is 6.08. The van der Waals surface area contributed by atoms with E-state index in [1.807, 2.05) is 11.2 Å². The molecule has 1 saturated heterocycles. The Labute approximate surface area is 110 Å². The summed E-state index contributed by atoms with van der Waals surface area (Å²) in [5.41, 5.74) is 6.08. The zero-order valence-electron chi connectivity index (χ0n) is 9.93. The number of halogens is 1. The van der Waals surface area contributed by atoms with Crippen LogP contribution in [0.2, 0.25) is 5.15 Å². The molecule has 1 aliphatic rings. The Morgan fingerprint density at radius 2 is 2.29 bits per heavy atom. The Morgan fingerprint density at radius 3 is 2.88 bits per heavy atom. The van der Waals surface area contributed by atoms with Gasteiger partial charge in [-0.2, -0.15) is 4.98 Å². The maximum absolute atomic E-state index is 6.08. The number of nitrogens with zero attached hydrogens (tertiary/aromatic N) is 4. The first kappa shape index (κ1) is 12.9. The Kier molecular flexibility index (Phi) is 4.09. The number of hydrogen-bond donors (Lipinski definition) is 1. The first-order valence-electron chi connectivity index (χ1n) is 5.39. The van der Waals surface area contributed by atoms with E-state index in [1.165, 1.54) is 11.8 Å². The molecule has 94 valence electrons. The smallest absolute Gasteiger partial charge is 0.228 e. The molecule has 2 rings (SSSR count). The molecule has 1 unspecified atom stereocenters. The highest BCUT2D eigenvalue weighted by Gasteiger charge is 2.24. The van der Waals surface area contributed by atoms with Gasteiger partial charge in [-0.05, 0) is 13.3 Å². The number of piperazine rings is 1. The summed E-state index contributed by atoms with van der Waals surface area (Å²) in [5.74, 6) is 0.619. The molecule has 0 radical (unpaired) electrons. The Balaban J connectivity index is 2.19. The molecule has 1 atom stereocenters. The quantitative estimate of drug-likeness (QED) is 0.638. The second-order valence-electron chi connectivity index (χ2n) is 4.05. The molecule has 1 fully saturated rings. The van der Waals surface area contributed by atoms with E-state index in [0.717, 1.165) is 24.5 Å². The van der Waals surface area contributed by atoms with Crippen molar-refractivity contribution in [2.24, 2.45) is 5.73 Å². The molecule has 5 nitrogen and oxygen atoms in total. The third-order valence-electron chi connectivity index (χ3n) is 2.80. The van der Waals surface area contributed by atoms with Gasteiger partial charge in [0.15, 0.2) is 0 Å². The summed E-state index contributed by atoms with van der Waals surface area (Å²) in [6.45, 7) is 2.59. The highest BCUT2D eigenvalue weighted by Crippen LogP contribution is 2.24. The lowest BCUT2D eigenvalue weighted by Gasteiger charge is -2.37. The van der Waals surface area contributed by atoms with Crippen LogP contribution in [0.1, 0.15) is 0 Å². The van der Waals surface area contributed by atoms with Crippen LogP contribution in [0.3, 0.4) is 0 Å². The van der Waals surface area contributed by atoms with Gasteiger partial charge in [0.05, 0.1) is 11.1 Å². The average Bonchev–Trinajstić information content (AvgIpc) is 2.29. The van der Waals surface area contributed by atoms with E-state index in [0.29, 0.717) is 11.1 Å². The number of thioether (sulfide) groups is 1. The molecule has 1 aliphatic heterocycles. The summed E-state index contributed by atoms with van der Waals surface area (Å²) in [4.78, 5) is 13.7. The fourth-order valence-electron chi connectivity index (χ4n) is 1.82. The monoisotopic (exact) mass is 273 g/mol. The van der Waals surface area contributed by atoms with Crippen molar-refractivity contribution in [2.75, 3.05) is 37.8 Å². The summed E-state index contributed by atoms with van der Waals surface area (Å²) in [7, 11) is 2.06. The maximum Gasteiger partial charge on any atom is 0.228 e. The van der Waals surface area contributed by atoms with Gasteiger partial charge in [-0.25, -0.2) is 4.98 Å². The summed E-state index contributed by atoms with van der Waals surface area (Å²) in [6.07, 6.45) is 3.62. The van der Waals surface area contributed by atoms with E-state index < -0.39 is 0 Å². The van der Waals surface area contributed by atoms with Crippen LogP contribution >= 0.6 is 23.4 Å². The number of anilines is 1. The van der Waals surface area contributed by atoms with Gasteiger partial charge in [0, 0.05) is 25.8 Å². The van der Waals surface area contributed by atoms with Crippen LogP contribution in [-0.4, -0.2) is 54.0 Å². The molecule has 7 heteroatoms. The lowest BCUT2D eigenvalue weighted by Crippen LogP contribution is -2.56. The van der Waals surface area contributed by atoms with Gasteiger partial charge in [-0.3, -0.25) is 0 Å². The molecule has 0 aliphatic carbocycles. The van der Waals surface area contributed by atoms with Gasteiger partial charge in [-0.1, -0.05) is 11.6 Å². The van der Waals surface area contributed by atoms with Gasteiger partial charge in [0.1, 0.15) is 5.15 Å². The van der Waals surface area contributed by atoms with E-state index in [9.17, 15) is 0 Å². The summed E-state index contributed by atoms with van der Waals surface area (Å²) >= 11 is 7.61. The summed E-state index contributed by atoms with van der Waals surface area (Å²) in [5, 5.41) is 0.494. The lowest BCUT2D eigenvalue weighted by atomic mass is 10.3. The molecule has 0 amide bonds. The normalized spacial score (nSPS) is 21.9. The van der Waals surface area contributed by atoms with Crippen LogP contribution < -0.4 is 10.6 Å². The molecule has 2 heterocycles. The fraction of sp³-hybridized carbons (Fsp3) is 0.600. The van der Waals surface area contributed by atoms with Crippen LogP contribution in [0.25, 0.3) is 0 Å². The standard InChI is InChI=1S/C10H16ClN5S/c1-15-3-4-16(8(12)6-15)10-13-5-7(17-2)9(11)14-10/h5,8H,3-4,6,12H2,1-2H3. The predicted molar refractivity (Wildman–Crippen MR) is 71.6 cm³/mol. The van der Waals surface area contributed by atoms with Crippen LogP contribution in [-0.2, 0) is 0 Å². The van der Waals surface area contributed by atoms with Crippen molar-refractivity contribution in [3.8, 4) is 0 Å². The largest absolute Gasteiger partial charge is 0.323 e. The van der Waals surface area contributed by atoms with Crippen molar-refractivity contribution in [1.29, 1.82) is 0 Å². The minimum atomic E-state index is -0.0788. The molecule has 0 aromatic carbocycles. The summed E-state index contributed by atoms with van der Waals surface area (Å²) in [6, 6.07) is 0. The van der Waals surface area contributed by atoms with E-state index in [2.05, 4.69) is 21.9 Å². The molecular weight excluding hydrogens is 258 g/mol. The number of rotatable bonds is 2. The minimum absolute atomic E-state index is 0.0788. The first-order valence-corrected chi connectivity index (χ1v) is 6.99. The minimum Gasteiger partial charge on any atom is -0.323 e. The molecule has 0 bridgehead atoms. The average molecular weight is 274 g/mol. The third kappa shape index (κ3) is 2.82. The van der Waals surface area contributed by atoms with Crippen molar-refractivity contribution in [2.45, 2.75) is 11.1 Å². The molecule has 1 aromatic heterocycles. The van der Waals surface area contributed by atoms with Crippen molar-refractivity contribution in [3.63, 3.8) is 0 Å². The fourth-order valence-corrected chi connectivity index (χ4v) is 2.55. The molecular formula is C10H16ClN5S. The van der Waals surface area contributed by atoms with Gasteiger partial charge in [0.25, 0.3) is 0 Å². The number of hydrogen-bond acceptors (Lipinski definition) is 6. The molecule has 0 spiro atoms. The first-order chi connectivity index (χ1) is 8.11. The van der Waals surface area contributed by atoms with Gasteiger partial charge in [-0.15, -0.1) is 11.8 Å².